The minimum Gasteiger partial charge on any atom is -0.444 e. The molecule has 6 atom stereocenters. The first kappa shape index (κ1) is 83.2. The molecular formula is C83H105ClN20O9. The van der Waals surface area contributed by atoms with Gasteiger partial charge in [-0.2, -0.15) is 28.8 Å². The Labute approximate surface area is 665 Å². The zero-order valence-corrected chi connectivity index (χ0v) is 65.7. The molecule has 8 heterocycles. The van der Waals surface area contributed by atoms with Crippen molar-refractivity contribution < 1.29 is 43.9 Å². The lowest BCUT2D eigenvalue weighted by atomic mass is 9.86. The van der Waals surface area contributed by atoms with E-state index in [1.807, 2.05) is 82.7 Å². The van der Waals surface area contributed by atoms with Gasteiger partial charge in [-0.15, -0.1) is 0 Å². The first-order chi connectivity index (χ1) is 53.5. The number of anilines is 8. The summed E-state index contributed by atoms with van der Waals surface area (Å²) in [6.07, 6.45) is 15.2. The SMILES string of the molecule is C.CC(C)(C)OC(=O)N1CC[C@H](CN)[C@@H](O)C1.[C-]#[N+]c1cccc(N(C(=O)OC(C)(C)C)c2cc(Cl)nc3c(C4CC4)cnn23)c1.[C-]#[N+]c1cccc(N(C(=O)OC(C)(C)C)c2cc(NC[C@H]3CCCC[C@@H]3O)nc3c(C4CC4)cnn23)c1.[C-]#[N+]c1cccc(Nc2cc(NC[C@H]3CCNC[C@@H]3O)nc3c(C4CC4)cnn23)c1. The van der Waals surface area contributed by atoms with Gasteiger partial charge in [-0.05, 0) is 194 Å². The number of aliphatic hydroxyl groups is 3. The van der Waals surface area contributed by atoms with Gasteiger partial charge in [0.05, 0.1) is 63.2 Å². The maximum atomic E-state index is 13.6. The normalized spacial score (nSPS) is 19.5. The molecule has 3 amide bonds. The van der Waals surface area contributed by atoms with Crippen molar-refractivity contribution in [2.24, 2.45) is 23.5 Å². The molecule has 6 aromatic heterocycles. The van der Waals surface area contributed by atoms with Gasteiger partial charge in [0.2, 0.25) is 0 Å². The number of piperidine rings is 2. The second-order valence-corrected chi connectivity index (χ2v) is 32.8. The molecule has 0 spiro atoms. The van der Waals surface area contributed by atoms with Gasteiger partial charge in [-0.1, -0.05) is 68.3 Å². The topological polar surface area (TPSA) is 327 Å². The third kappa shape index (κ3) is 21.5. The zero-order valence-electron chi connectivity index (χ0n) is 65.0. The first-order valence-corrected chi connectivity index (χ1v) is 38.9. The largest absolute Gasteiger partial charge is 0.444 e. The average molecular weight is 1560 g/mol. The number of rotatable bonds is 16. The number of hydrogen-bond donors (Lipinski definition) is 8. The summed E-state index contributed by atoms with van der Waals surface area (Å²) < 4.78 is 21.8. The molecule has 6 fully saturated rings. The number of β-amino-alcohol motifs (C(OH)–C–C–N with tert-alkyl or cyclic N) is 2. The van der Waals surface area contributed by atoms with Gasteiger partial charge in [-0.25, -0.2) is 53.7 Å². The fourth-order valence-corrected chi connectivity index (χ4v) is 14.0. The number of nitrogens with two attached hydrogens (primary N) is 1. The molecule has 4 aliphatic carbocycles. The monoisotopic (exact) mass is 1560 g/mol. The maximum Gasteiger partial charge on any atom is 0.420 e. The van der Waals surface area contributed by atoms with Crippen molar-refractivity contribution in [2.75, 3.05) is 71.6 Å². The van der Waals surface area contributed by atoms with E-state index in [1.165, 1.54) is 28.2 Å². The number of benzene rings is 3. The van der Waals surface area contributed by atoms with Gasteiger partial charge >= 0.3 is 18.3 Å². The van der Waals surface area contributed by atoms with E-state index in [2.05, 4.69) is 56.1 Å². The van der Waals surface area contributed by atoms with Gasteiger partial charge in [0.25, 0.3) is 0 Å². The fraction of sp³-hybridized carbons (Fsp3) is 0.494. The van der Waals surface area contributed by atoms with Crippen LogP contribution in [0, 0.1) is 37.5 Å². The van der Waals surface area contributed by atoms with Crippen LogP contribution >= 0.6 is 11.6 Å². The molecule has 598 valence electrons. The van der Waals surface area contributed by atoms with Gasteiger partial charge in [-0.3, -0.25) is 0 Å². The van der Waals surface area contributed by atoms with E-state index in [1.54, 1.807) is 108 Å². The van der Waals surface area contributed by atoms with E-state index in [-0.39, 0.29) is 48.6 Å². The van der Waals surface area contributed by atoms with E-state index < -0.39 is 35.1 Å². The Balaban J connectivity index is 0.000000153. The molecule has 4 saturated carbocycles. The van der Waals surface area contributed by atoms with Crippen LogP contribution < -0.4 is 36.8 Å². The number of fused-ring (bicyclic) bond motifs is 3. The fourth-order valence-electron chi connectivity index (χ4n) is 13.8. The van der Waals surface area contributed by atoms with Crippen LogP contribution in [0.25, 0.3) is 31.5 Å². The van der Waals surface area contributed by atoms with Gasteiger partial charge in [0.15, 0.2) is 34.0 Å². The molecule has 0 radical (unpaired) electrons. The molecule has 9 aromatic rings. The van der Waals surface area contributed by atoms with Crippen LogP contribution in [-0.2, 0) is 14.2 Å². The van der Waals surface area contributed by atoms with Crippen molar-refractivity contribution in [3.05, 3.63) is 166 Å². The predicted octanol–water partition coefficient (Wildman–Crippen LogP) is 16.6. The van der Waals surface area contributed by atoms with Gasteiger partial charge < -0.3 is 61.4 Å². The number of amides is 3. The Hall–Kier alpha value is -10.7. The summed E-state index contributed by atoms with van der Waals surface area (Å²) in [6.45, 7) is 42.6. The Bertz CT molecular complexity index is 4970. The number of ether oxygens (including phenoxy) is 3. The zero-order chi connectivity index (χ0) is 79.8. The van der Waals surface area contributed by atoms with Crippen LogP contribution in [-0.4, -0.2) is 163 Å². The Kier molecular flexibility index (Phi) is 26.5. The van der Waals surface area contributed by atoms with Crippen LogP contribution in [0.4, 0.5) is 77.6 Å². The number of hydrogen-bond acceptors (Lipinski definition) is 20. The van der Waals surface area contributed by atoms with Crippen molar-refractivity contribution >= 4 is 110 Å². The number of nitrogens with zero attached hydrogens (tertiary/aromatic N) is 15. The molecule has 0 unspecified atom stereocenters. The highest BCUT2D eigenvalue weighted by molar-refractivity contribution is 6.30. The number of aromatic nitrogens is 9. The number of carbonyl (C=O) groups excluding carboxylic acids is 3. The van der Waals surface area contributed by atoms with Crippen LogP contribution in [0.2, 0.25) is 5.15 Å². The molecule has 2 aliphatic heterocycles. The van der Waals surface area contributed by atoms with E-state index in [9.17, 15) is 29.7 Å². The number of likely N-dealkylation sites (tertiary alicyclic amines) is 1. The average Bonchev–Trinajstić information content (AvgIpc) is 1.65. The van der Waals surface area contributed by atoms with Crippen LogP contribution in [0.5, 0.6) is 0 Å². The summed E-state index contributed by atoms with van der Waals surface area (Å²) in [5.41, 5.74) is 12.3. The summed E-state index contributed by atoms with van der Waals surface area (Å²) in [4.78, 5) is 67.6. The molecule has 29 nitrogen and oxygen atoms in total. The molecule has 113 heavy (non-hydrogen) atoms. The number of nitrogens with one attached hydrogen (secondary N) is 4. The second kappa shape index (κ2) is 36.0. The Morgan fingerprint density at radius 3 is 1.52 bits per heavy atom. The second-order valence-electron chi connectivity index (χ2n) is 32.4. The molecule has 2 saturated heterocycles. The highest BCUT2D eigenvalue weighted by Gasteiger charge is 2.37. The summed E-state index contributed by atoms with van der Waals surface area (Å²) in [5, 5.41) is 57.9. The van der Waals surface area contributed by atoms with Crippen molar-refractivity contribution in [1.82, 2.24) is 54.0 Å². The van der Waals surface area contributed by atoms with Crippen LogP contribution in [0.15, 0.2) is 110 Å². The minimum absolute atomic E-state index is 0. The summed E-state index contributed by atoms with van der Waals surface area (Å²) in [5.74, 6) is 4.86. The van der Waals surface area contributed by atoms with Gasteiger partial charge in [0.1, 0.15) is 51.0 Å². The number of carbonyl (C=O) groups is 3. The van der Waals surface area contributed by atoms with Crippen molar-refractivity contribution in [1.29, 1.82) is 0 Å². The molecule has 6 aliphatic rings. The summed E-state index contributed by atoms with van der Waals surface area (Å²) in [6, 6.07) is 26.4. The summed E-state index contributed by atoms with van der Waals surface area (Å²) >= 11 is 6.33. The number of halogens is 1. The van der Waals surface area contributed by atoms with Crippen molar-refractivity contribution in [3.63, 3.8) is 0 Å². The Morgan fingerprint density at radius 1 is 0.566 bits per heavy atom. The third-order valence-electron chi connectivity index (χ3n) is 20.0. The molecular weight excluding hydrogens is 1460 g/mol. The van der Waals surface area contributed by atoms with Crippen molar-refractivity contribution in [2.45, 2.75) is 200 Å². The quantitative estimate of drug-likeness (QED) is 0.0253. The lowest BCUT2D eigenvalue weighted by molar-refractivity contribution is -0.0110. The van der Waals surface area contributed by atoms with Gasteiger partial charge in [0, 0.05) is 95.9 Å². The highest BCUT2D eigenvalue weighted by Crippen LogP contribution is 2.46. The van der Waals surface area contributed by atoms with E-state index in [0.717, 1.165) is 105 Å². The maximum absolute atomic E-state index is 13.6. The Morgan fingerprint density at radius 2 is 1.04 bits per heavy atom. The lowest BCUT2D eigenvalue weighted by Gasteiger charge is -2.36. The lowest BCUT2D eigenvalue weighted by Crippen LogP contribution is -2.49. The van der Waals surface area contributed by atoms with Crippen LogP contribution in [0.1, 0.15) is 181 Å². The number of aliphatic hydroxyl groups excluding tert-OH is 3. The molecule has 3 aromatic carbocycles. The highest BCUT2D eigenvalue weighted by atomic mass is 35.5. The predicted molar refractivity (Wildman–Crippen MR) is 438 cm³/mol. The smallest absolute Gasteiger partial charge is 0.420 e. The standard InChI is InChI=1S/C28H34N6O3.C22H25N7O.C21H20ClN5O2.C11H22N2O3.CH4/c1-28(2,3)37-27(36)33(21-10-7-9-20(14-21)29-4)25-15-24(30-16-19-8-5-6-11-23(19)35)32-26-22(18-12-13-18)17-31-34(25)26;1-23-16-3-2-4-17(9-16)27-21-10-20(25-11-15-7-8-24-13-19(15)30)28-22-18(14-5-6-14)12-26-29(21)22;1-21(2,3)29-20(28)26(15-7-5-6-14(10-15)23-4)18-11-17(22)25-19-16(13-8-9-13)12-24-27(18)19;1-11(2,3)16-10(15)13-5-4-8(6-12)9(14)7-13;/h7,9-10,14-15,17-19,23,35H,5-6,8,11-13,16H2,1-3H3,(H,30,32);2-4,9-10,12,14-15,19,24,27,30H,5-8,11,13H2,(H,25,28);5-7,10-13H,8-9H2,1-3H3;8-9,14H,4-7,12H2,1-3H3;1H4/t19-,23+;15-,19+;;8-,9+;/m11.1./s1. The van der Waals surface area contributed by atoms with E-state index in [0.29, 0.717) is 114 Å². The third-order valence-corrected chi connectivity index (χ3v) is 20.2. The summed E-state index contributed by atoms with van der Waals surface area (Å²) in [7, 11) is 0. The first-order valence-electron chi connectivity index (χ1n) is 38.5. The van der Waals surface area contributed by atoms with E-state index >= 15 is 0 Å². The minimum atomic E-state index is -0.722. The molecule has 30 heteroatoms. The molecule has 0 bridgehead atoms. The molecule has 9 N–H and O–H groups in total. The molecule has 15 rings (SSSR count). The van der Waals surface area contributed by atoms with Crippen molar-refractivity contribution in [3.8, 4) is 0 Å². The van der Waals surface area contributed by atoms with Crippen LogP contribution in [0.3, 0.4) is 0 Å². The van der Waals surface area contributed by atoms with E-state index in [4.69, 9.17) is 61.2 Å².